The minimum atomic E-state index is -2.72. The Morgan fingerprint density at radius 1 is 0.927 bits per heavy atom. The molecule has 9 heteroatoms. The van der Waals surface area contributed by atoms with Crippen LogP contribution >= 0.6 is 0 Å². The highest BCUT2D eigenvalue weighted by molar-refractivity contribution is 6.99. The van der Waals surface area contributed by atoms with Gasteiger partial charge in [-0.15, -0.1) is 0 Å². The number of nitrogens with one attached hydrogen (secondary N) is 2. The van der Waals surface area contributed by atoms with E-state index >= 15 is 0 Å². The van der Waals surface area contributed by atoms with Crippen LogP contribution in [-0.4, -0.2) is 74.1 Å². The van der Waals surface area contributed by atoms with Crippen molar-refractivity contribution in [1.29, 1.82) is 0 Å². The Kier molecular flexibility index (Phi) is 10.1. The van der Waals surface area contributed by atoms with Crippen molar-refractivity contribution in [3.05, 3.63) is 120 Å². The quantitative estimate of drug-likeness (QED) is 0.123. The lowest BCUT2D eigenvalue weighted by Gasteiger charge is -2.53. The molecule has 1 amide bonds. The fourth-order valence-corrected chi connectivity index (χ4v) is 13.2. The molecule has 8 nitrogen and oxygen atoms in total. The summed E-state index contributed by atoms with van der Waals surface area (Å²) >= 11 is 0. The van der Waals surface area contributed by atoms with Gasteiger partial charge in [-0.1, -0.05) is 105 Å². The second-order valence-electron chi connectivity index (χ2n) is 16.7. The molecule has 5 aromatic rings. The maximum Gasteiger partial charge on any atom is 0.261 e. The number of ether oxygens (including phenoxy) is 1. The van der Waals surface area contributed by atoms with Gasteiger partial charge in [-0.2, -0.15) is 0 Å². The van der Waals surface area contributed by atoms with E-state index in [-0.39, 0.29) is 28.5 Å². The number of benzene rings is 3. The summed E-state index contributed by atoms with van der Waals surface area (Å²) < 4.78 is 13.9. The van der Waals surface area contributed by atoms with Gasteiger partial charge in [0.1, 0.15) is 11.6 Å². The molecule has 2 atom stereocenters. The Hall–Kier alpha value is -4.85. The Labute approximate surface area is 326 Å². The molecule has 8 rings (SSSR count). The Morgan fingerprint density at radius 2 is 1.60 bits per heavy atom. The summed E-state index contributed by atoms with van der Waals surface area (Å²) in [5.74, 6) is 8.64. The third-order valence-corrected chi connectivity index (χ3v) is 16.8. The summed E-state index contributed by atoms with van der Waals surface area (Å²) in [6.45, 7) is 12.7. The van der Waals surface area contributed by atoms with Crippen molar-refractivity contribution in [1.82, 2.24) is 14.9 Å². The largest absolute Gasteiger partial charge is 0.400 e. The zero-order valence-electron chi connectivity index (χ0n) is 32.6. The predicted octanol–water partition coefficient (Wildman–Crippen LogP) is 6.63. The lowest BCUT2D eigenvalue weighted by molar-refractivity contribution is -0.117. The number of hydrogen-bond acceptors (Lipinski definition) is 7. The molecule has 2 saturated heterocycles. The molecule has 1 aliphatic carbocycles. The van der Waals surface area contributed by atoms with Crippen LogP contribution in [0, 0.1) is 23.7 Å². The van der Waals surface area contributed by atoms with Crippen LogP contribution < -0.4 is 21.0 Å². The van der Waals surface area contributed by atoms with Gasteiger partial charge in [-0.05, 0) is 71.3 Å². The van der Waals surface area contributed by atoms with E-state index < -0.39 is 8.32 Å². The molecular weight excluding hydrogens is 699 g/mol. The van der Waals surface area contributed by atoms with Crippen molar-refractivity contribution >= 4 is 47.0 Å². The number of rotatable bonds is 10. The fraction of sp³-hybridized carbons (Fsp3) is 0.370. The van der Waals surface area contributed by atoms with Crippen molar-refractivity contribution in [3.63, 3.8) is 0 Å². The number of amides is 1. The van der Waals surface area contributed by atoms with E-state index in [9.17, 15) is 4.79 Å². The minimum absolute atomic E-state index is 0.0309. The molecule has 3 aromatic carbocycles. The molecule has 2 aromatic heterocycles. The van der Waals surface area contributed by atoms with Crippen LogP contribution in [0.4, 0.5) is 11.6 Å². The molecule has 2 aliphatic heterocycles. The molecule has 55 heavy (non-hydrogen) atoms. The second kappa shape index (κ2) is 15.0. The predicted molar refractivity (Wildman–Crippen MR) is 223 cm³/mol. The van der Waals surface area contributed by atoms with Gasteiger partial charge in [0.2, 0.25) is 5.91 Å². The highest BCUT2D eigenvalue weighted by Gasteiger charge is 2.57. The maximum atomic E-state index is 12.4. The van der Waals surface area contributed by atoms with E-state index in [0.717, 1.165) is 60.1 Å². The summed E-state index contributed by atoms with van der Waals surface area (Å²) in [4.78, 5) is 24.0. The van der Waals surface area contributed by atoms with Gasteiger partial charge in [0.15, 0.2) is 0 Å². The zero-order chi connectivity index (χ0) is 38.2. The summed E-state index contributed by atoms with van der Waals surface area (Å²) in [6, 6.07) is 32.4. The van der Waals surface area contributed by atoms with E-state index in [0.29, 0.717) is 24.9 Å². The van der Waals surface area contributed by atoms with Gasteiger partial charge in [0.25, 0.3) is 8.32 Å². The van der Waals surface area contributed by atoms with Crippen LogP contribution in [0.25, 0.3) is 10.8 Å². The number of likely N-dealkylation sites (tertiary alicyclic amines) is 1. The van der Waals surface area contributed by atoms with E-state index in [4.69, 9.17) is 9.16 Å². The van der Waals surface area contributed by atoms with Crippen LogP contribution in [0.5, 0.6) is 0 Å². The maximum absolute atomic E-state index is 12.4. The van der Waals surface area contributed by atoms with E-state index in [1.54, 1.807) is 12.4 Å². The first-order valence-electron chi connectivity index (χ1n) is 19.6. The monoisotopic (exact) mass is 749 g/mol. The van der Waals surface area contributed by atoms with Gasteiger partial charge in [0, 0.05) is 54.8 Å². The molecule has 3 fully saturated rings. The van der Waals surface area contributed by atoms with E-state index in [2.05, 4.69) is 150 Å². The molecule has 1 saturated carbocycles. The second-order valence-corrected chi connectivity index (χ2v) is 21.0. The first-order chi connectivity index (χ1) is 26.6. The van der Waals surface area contributed by atoms with Gasteiger partial charge >= 0.3 is 0 Å². The first kappa shape index (κ1) is 37.1. The molecule has 282 valence electrons. The standard InChI is InChI=1S/C46H51N5O3Si/c1-45(2,3)55(37-12-8-6-9-13-37,38-14-10-7-11-15-38)54-41-30-53-31-46(41,4)51-28-34(29-51)24-33-18-16-32(17-19-33)20-21-36-26-49-43(47-5)40-27-48-42(25-39(36)40)50-44(52)35-22-23-35/h6-19,25-27,34-35,41H,22-24,28-31H2,1-5H3,(H,47,49)(H,48,50,52). The molecular formula is C46H51N5O3Si. The summed E-state index contributed by atoms with van der Waals surface area (Å²) in [5.41, 5.74) is 2.85. The lowest BCUT2D eigenvalue weighted by Crippen LogP contribution is -2.72. The molecule has 0 radical (unpaired) electrons. The topological polar surface area (TPSA) is 88.6 Å². The van der Waals surface area contributed by atoms with Crippen molar-refractivity contribution in [3.8, 4) is 11.8 Å². The first-order valence-corrected chi connectivity index (χ1v) is 21.5. The van der Waals surface area contributed by atoms with Gasteiger partial charge in [-0.3, -0.25) is 9.69 Å². The van der Waals surface area contributed by atoms with Gasteiger partial charge < -0.3 is 19.8 Å². The minimum Gasteiger partial charge on any atom is -0.400 e. The molecule has 3 aliphatic rings. The van der Waals surface area contributed by atoms with Crippen molar-refractivity contribution in [2.24, 2.45) is 11.8 Å². The summed E-state index contributed by atoms with van der Waals surface area (Å²) in [6.07, 6.45) is 6.40. The van der Waals surface area contributed by atoms with Crippen LogP contribution in [0.2, 0.25) is 5.04 Å². The Bertz CT molecular complexity index is 2180. The fourth-order valence-electron chi connectivity index (χ4n) is 8.39. The van der Waals surface area contributed by atoms with Crippen LogP contribution in [0.3, 0.4) is 0 Å². The van der Waals surface area contributed by atoms with Crippen LogP contribution in [-0.2, 0) is 20.4 Å². The molecule has 4 heterocycles. The summed E-state index contributed by atoms with van der Waals surface area (Å²) in [5, 5.41) is 10.4. The number of carbonyl (C=O) groups excluding carboxylic acids is 1. The van der Waals surface area contributed by atoms with E-state index in [1.165, 1.54) is 15.9 Å². The normalized spacial score (nSPS) is 20.4. The van der Waals surface area contributed by atoms with Crippen molar-refractivity contribution < 1.29 is 14.0 Å². The zero-order valence-corrected chi connectivity index (χ0v) is 33.6. The Balaban J connectivity index is 0.945. The molecule has 0 spiro atoms. The third kappa shape index (κ3) is 7.32. The number of nitrogens with zero attached hydrogens (tertiary/aromatic N) is 3. The van der Waals surface area contributed by atoms with Gasteiger partial charge in [0.05, 0.1) is 30.4 Å². The lowest BCUT2D eigenvalue weighted by atomic mass is 9.84. The number of pyridine rings is 2. The molecule has 2 unspecified atom stereocenters. The smallest absolute Gasteiger partial charge is 0.261 e. The third-order valence-electron chi connectivity index (χ3n) is 11.8. The summed E-state index contributed by atoms with van der Waals surface area (Å²) in [7, 11) is -0.882. The van der Waals surface area contributed by atoms with Crippen molar-refractivity contribution in [2.75, 3.05) is 44.0 Å². The number of aromatic nitrogens is 2. The van der Waals surface area contributed by atoms with Gasteiger partial charge in [-0.25, -0.2) is 9.97 Å². The Morgan fingerprint density at radius 3 is 2.22 bits per heavy atom. The van der Waals surface area contributed by atoms with E-state index in [1.807, 2.05) is 13.1 Å². The number of hydrogen-bond donors (Lipinski definition) is 2. The average Bonchev–Trinajstić information content (AvgIpc) is 3.97. The highest BCUT2D eigenvalue weighted by atomic mass is 28.4. The SMILES string of the molecule is CNc1ncc(C#Cc2ccc(CC3CN(C4(C)COCC4O[Si](c4ccccc4)(c4ccccc4)C(C)(C)C)C3)cc2)c2cc(NC(=O)C3CC3)ncc12. The van der Waals surface area contributed by atoms with Crippen molar-refractivity contribution in [2.45, 2.75) is 63.6 Å². The average molecular weight is 750 g/mol. The van der Waals surface area contributed by atoms with Crippen LogP contribution in [0.1, 0.15) is 57.2 Å². The number of carbonyl (C=O) groups is 1. The molecule has 2 N–H and O–H groups in total. The number of anilines is 2. The highest BCUT2D eigenvalue weighted by Crippen LogP contribution is 2.42. The molecule has 0 bridgehead atoms. The number of fused-ring (bicyclic) bond motifs is 1. The van der Waals surface area contributed by atoms with Crippen LogP contribution in [0.15, 0.2) is 103 Å².